The van der Waals surface area contributed by atoms with Crippen LogP contribution in [0.15, 0.2) is 48.5 Å². The first-order valence-corrected chi connectivity index (χ1v) is 13.8. The van der Waals surface area contributed by atoms with Crippen LogP contribution in [0, 0.1) is 0 Å². The van der Waals surface area contributed by atoms with Gasteiger partial charge in [0.25, 0.3) is 0 Å². The lowest BCUT2D eigenvalue weighted by atomic mass is 9.80. The van der Waals surface area contributed by atoms with Crippen molar-refractivity contribution in [3.8, 4) is 0 Å². The molecule has 0 spiro atoms. The van der Waals surface area contributed by atoms with Crippen LogP contribution in [0.1, 0.15) is 56.6 Å². The molecule has 0 bridgehead atoms. The van der Waals surface area contributed by atoms with Crippen molar-refractivity contribution in [1.82, 2.24) is 25.3 Å². The molecular weight excluding hydrogens is 521 g/mol. The smallest absolute Gasteiger partial charge is 0.359 e. The van der Waals surface area contributed by atoms with Gasteiger partial charge in [-0.15, -0.1) is 5.10 Å². The van der Waals surface area contributed by atoms with Gasteiger partial charge in [0.1, 0.15) is 0 Å². The summed E-state index contributed by atoms with van der Waals surface area (Å²) >= 11 is 0. The molecule has 1 saturated carbocycles. The van der Waals surface area contributed by atoms with Crippen LogP contribution in [-0.4, -0.2) is 64.4 Å². The van der Waals surface area contributed by atoms with E-state index < -0.39 is 17.8 Å². The van der Waals surface area contributed by atoms with Gasteiger partial charge in [0, 0.05) is 30.6 Å². The zero-order valence-corrected chi connectivity index (χ0v) is 22.7. The molecule has 3 N–H and O–H groups in total. The molecule has 0 radical (unpaired) electrons. The second-order valence-corrected chi connectivity index (χ2v) is 11.1. The summed E-state index contributed by atoms with van der Waals surface area (Å²) < 4.78 is 41.1. The zero-order valence-electron chi connectivity index (χ0n) is 22.7. The molecule has 2 fully saturated rings. The number of hydrogen-bond acceptors (Lipinski definition) is 5. The number of likely N-dealkylation sites (tertiary alicyclic amines) is 1. The van der Waals surface area contributed by atoms with Crippen molar-refractivity contribution in [3.05, 3.63) is 59.7 Å². The van der Waals surface area contributed by atoms with Gasteiger partial charge < -0.3 is 16.0 Å². The van der Waals surface area contributed by atoms with Gasteiger partial charge >= 0.3 is 12.2 Å². The van der Waals surface area contributed by atoms with E-state index >= 15 is 0 Å². The number of alkyl halides is 3. The Hall–Kier alpha value is -3.60. The first-order valence-electron chi connectivity index (χ1n) is 13.8. The molecule has 1 aromatic heterocycles. The summed E-state index contributed by atoms with van der Waals surface area (Å²) in [4.78, 5) is 27.7. The zero-order chi connectivity index (χ0) is 28.4. The molecule has 2 aliphatic rings. The normalized spacial score (nSPS) is 20.4. The molecule has 0 atom stereocenters. The highest BCUT2D eigenvalue weighted by Gasteiger charge is 2.35. The Labute approximate surface area is 231 Å². The monoisotopic (exact) mass is 556 g/mol. The number of halogens is 3. The van der Waals surface area contributed by atoms with E-state index in [2.05, 4.69) is 50.2 Å². The van der Waals surface area contributed by atoms with Crippen LogP contribution in [-0.2, 0) is 11.0 Å². The average molecular weight is 557 g/mol. The molecule has 1 aliphatic carbocycles. The van der Waals surface area contributed by atoms with E-state index in [1.807, 2.05) is 6.07 Å². The highest BCUT2D eigenvalue weighted by Crippen LogP contribution is 2.36. The molecular formula is C29H35F3N6O2. The van der Waals surface area contributed by atoms with E-state index in [4.69, 9.17) is 0 Å². The van der Waals surface area contributed by atoms with E-state index in [1.165, 1.54) is 11.6 Å². The van der Waals surface area contributed by atoms with Crippen LogP contribution in [0.5, 0.6) is 0 Å². The van der Waals surface area contributed by atoms with Gasteiger partial charge in [-0.2, -0.15) is 17.9 Å². The number of benzene rings is 2. The van der Waals surface area contributed by atoms with Gasteiger partial charge in [0.15, 0.2) is 5.82 Å². The van der Waals surface area contributed by atoms with Crippen molar-refractivity contribution < 1.29 is 22.8 Å². The number of nitrogens with zero attached hydrogens (tertiary/aromatic N) is 3. The predicted octanol–water partition coefficient (Wildman–Crippen LogP) is 4.96. The molecule has 5 rings (SSSR count). The number of anilines is 1. The third-order valence-corrected chi connectivity index (χ3v) is 7.79. The van der Waals surface area contributed by atoms with Gasteiger partial charge in [-0.05, 0) is 69.2 Å². The number of rotatable bonds is 7. The summed E-state index contributed by atoms with van der Waals surface area (Å²) in [5.74, 6) is 0.378. The fourth-order valence-corrected chi connectivity index (χ4v) is 5.73. The van der Waals surface area contributed by atoms with Crippen LogP contribution in [0.3, 0.4) is 0 Å². The summed E-state index contributed by atoms with van der Waals surface area (Å²) in [6.07, 6.45) is 0.0571. The van der Waals surface area contributed by atoms with Crippen LogP contribution < -0.4 is 16.0 Å². The van der Waals surface area contributed by atoms with Crippen LogP contribution in [0.2, 0.25) is 0 Å². The maximum absolute atomic E-state index is 13.4. The molecule has 8 nitrogen and oxygen atoms in total. The highest BCUT2D eigenvalue weighted by molar-refractivity contribution is 5.98. The van der Waals surface area contributed by atoms with Crippen LogP contribution in [0.4, 0.5) is 23.8 Å². The van der Waals surface area contributed by atoms with Gasteiger partial charge in [-0.3, -0.25) is 9.69 Å². The molecule has 214 valence electrons. The molecule has 11 heteroatoms. The Bertz CT molecular complexity index is 1340. The SMILES string of the molecule is CC(C)NC(=O)n1nc(NCC(=O)NC2CN(C3CCC(c4ccccc4)CC3)C2)c2cc(C(F)(F)F)ccc21. The minimum atomic E-state index is -4.55. The van der Waals surface area contributed by atoms with Crippen molar-refractivity contribution in [2.75, 3.05) is 25.0 Å². The Morgan fingerprint density at radius 3 is 2.38 bits per heavy atom. The van der Waals surface area contributed by atoms with Crippen molar-refractivity contribution in [1.29, 1.82) is 0 Å². The van der Waals surface area contributed by atoms with E-state index in [-0.39, 0.29) is 41.3 Å². The predicted molar refractivity (Wildman–Crippen MR) is 147 cm³/mol. The lowest BCUT2D eigenvalue weighted by molar-refractivity contribution is -0.137. The summed E-state index contributed by atoms with van der Waals surface area (Å²) in [6.45, 7) is 4.94. The summed E-state index contributed by atoms with van der Waals surface area (Å²) in [7, 11) is 0. The van der Waals surface area contributed by atoms with Crippen LogP contribution >= 0.6 is 0 Å². The third-order valence-electron chi connectivity index (χ3n) is 7.79. The quantitative estimate of drug-likeness (QED) is 0.383. The molecule has 1 aliphatic heterocycles. The first kappa shape index (κ1) is 27.9. The summed E-state index contributed by atoms with van der Waals surface area (Å²) in [5.41, 5.74) is 0.768. The Morgan fingerprint density at radius 1 is 1.02 bits per heavy atom. The molecule has 1 saturated heterocycles. The molecule has 2 aromatic carbocycles. The van der Waals surface area contributed by atoms with Crippen LogP contribution in [0.25, 0.3) is 10.9 Å². The number of carbonyl (C=O) groups excluding carboxylic acids is 2. The lowest BCUT2D eigenvalue weighted by Gasteiger charge is -2.46. The van der Waals surface area contributed by atoms with E-state index in [0.717, 1.165) is 55.6 Å². The van der Waals surface area contributed by atoms with Crippen molar-refractivity contribution in [2.24, 2.45) is 0 Å². The first-order chi connectivity index (χ1) is 19.1. The largest absolute Gasteiger partial charge is 0.416 e. The fourth-order valence-electron chi connectivity index (χ4n) is 5.73. The standard InChI is InChI=1S/C29H35F3N6O2/c1-18(2)34-28(40)38-25-13-10-21(29(30,31)32)14-24(25)27(36-38)33-15-26(39)35-22-16-37(17-22)23-11-8-20(9-12-23)19-6-4-3-5-7-19/h3-7,10,13-14,18,20,22-23H,8-9,11-12,15-17H2,1-2H3,(H,33,36)(H,34,40)(H,35,39). The number of carbonyl (C=O) groups is 2. The van der Waals surface area contributed by atoms with E-state index in [0.29, 0.717) is 12.0 Å². The minimum absolute atomic E-state index is 0.0316. The summed E-state index contributed by atoms with van der Waals surface area (Å²) in [5, 5.41) is 12.8. The van der Waals surface area contributed by atoms with Gasteiger partial charge in [0.2, 0.25) is 5.91 Å². The molecule has 2 heterocycles. The minimum Gasteiger partial charge on any atom is -0.359 e. The lowest BCUT2D eigenvalue weighted by Crippen LogP contribution is -2.63. The van der Waals surface area contributed by atoms with Crippen molar-refractivity contribution >= 4 is 28.7 Å². The number of nitrogens with one attached hydrogen (secondary N) is 3. The fraction of sp³-hybridized carbons (Fsp3) is 0.483. The highest BCUT2D eigenvalue weighted by atomic mass is 19.4. The Morgan fingerprint density at radius 2 is 1.73 bits per heavy atom. The number of hydrogen-bond donors (Lipinski definition) is 3. The van der Waals surface area contributed by atoms with Gasteiger partial charge in [-0.25, -0.2) is 4.79 Å². The topological polar surface area (TPSA) is 91.3 Å². The van der Waals surface area contributed by atoms with E-state index in [9.17, 15) is 22.8 Å². The maximum atomic E-state index is 13.4. The van der Waals surface area contributed by atoms with E-state index in [1.54, 1.807) is 13.8 Å². The second-order valence-electron chi connectivity index (χ2n) is 11.1. The third kappa shape index (κ3) is 6.24. The number of aromatic nitrogens is 2. The molecule has 3 aromatic rings. The number of fused-ring (bicyclic) bond motifs is 1. The van der Waals surface area contributed by atoms with Crippen molar-refractivity contribution in [2.45, 2.75) is 69.8 Å². The van der Waals surface area contributed by atoms with Crippen molar-refractivity contribution in [3.63, 3.8) is 0 Å². The van der Waals surface area contributed by atoms with Gasteiger partial charge in [-0.1, -0.05) is 30.3 Å². The second kappa shape index (κ2) is 11.5. The molecule has 40 heavy (non-hydrogen) atoms. The average Bonchev–Trinajstić information content (AvgIpc) is 3.27. The number of amides is 2. The van der Waals surface area contributed by atoms with Gasteiger partial charge in [0.05, 0.1) is 23.7 Å². The maximum Gasteiger partial charge on any atom is 0.416 e. The summed E-state index contributed by atoms with van der Waals surface area (Å²) in [6, 6.07) is 13.5. The molecule has 0 unspecified atom stereocenters. The Kier molecular flexibility index (Phi) is 8.02. The molecule has 2 amide bonds. The Balaban J connectivity index is 1.15.